The Kier molecular flexibility index (Phi) is 3.69. The van der Waals surface area contributed by atoms with E-state index >= 15 is 0 Å². The molecule has 0 rings (SSSR count). The van der Waals surface area contributed by atoms with Crippen molar-refractivity contribution in [1.29, 1.82) is 0 Å². The lowest BCUT2D eigenvalue weighted by Gasteiger charge is -2.20. The molecule has 0 aliphatic heterocycles. The third kappa shape index (κ3) is 6.01. The maximum atomic E-state index is 10.7. The molecular weight excluding hydrogens is 142 g/mol. The van der Waals surface area contributed by atoms with Crippen molar-refractivity contribution in [2.75, 3.05) is 6.61 Å². The Labute approximate surface area is 67.9 Å². The maximum Gasteiger partial charge on any atom is 0.158 e. The second-order valence-corrected chi connectivity index (χ2v) is 3.55. The lowest BCUT2D eigenvalue weighted by Crippen LogP contribution is -2.39. The Morgan fingerprint density at radius 2 is 2.09 bits per heavy atom. The van der Waals surface area contributed by atoms with Gasteiger partial charge in [0, 0.05) is 5.54 Å². The fourth-order valence-corrected chi connectivity index (χ4v) is 0.457. The highest BCUT2D eigenvalue weighted by atomic mass is 16.5. The average molecular weight is 159 g/mol. The first kappa shape index (κ1) is 10.6. The van der Waals surface area contributed by atoms with Crippen LogP contribution in [0.4, 0.5) is 0 Å². The van der Waals surface area contributed by atoms with E-state index in [0.29, 0.717) is 6.61 Å². The minimum atomic E-state index is -0.357. The molecule has 1 atom stereocenters. The summed E-state index contributed by atoms with van der Waals surface area (Å²) in [6, 6.07) is 0. The largest absolute Gasteiger partial charge is 0.369 e. The molecule has 3 nitrogen and oxygen atoms in total. The molecule has 11 heavy (non-hydrogen) atoms. The minimum Gasteiger partial charge on any atom is -0.369 e. The van der Waals surface area contributed by atoms with E-state index in [4.69, 9.17) is 10.5 Å². The van der Waals surface area contributed by atoms with Crippen LogP contribution in [-0.4, -0.2) is 24.0 Å². The molecular formula is C8H17NO2. The Bertz CT molecular complexity index is 138. The molecule has 0 spiro atoms. The zero-order valence-corrected chi connectivity index (χ0v) is 7.68. The van der Waals surface area contributed by atoms with Crippen LogP contribution in [0.3, 0.4) is 0 Å². The zero-order valence-electron chi connectivity index (χ0n) is 7.68. The molecule has 2 N–H and O–H groups in total. The van der Waals surface area contributed by atoms with Crippen molar-refractivity contribution < 1.29 is 9.53 Å². The SMILES string of the molecule is CC(=O)C(C)OCC(C)(C)N. The number of carbonyl (C=O) groups excluding carboxylic acids is 1. The van der Waals surface area contributed by atoms with Crippen molar-refractivity contribution in [2.45, 2.75) is 39.3 Å². The van der Waals surface area contributed by atoms with Gasteiger partial charge in [0.2, 0.25) is 0 Å². The third-order valence-electron chi connectivity index (χ3n) is 1.28. The number of nitrogens with two attached hydrogens (primary N) is 1. The van der Waals surface area contributed by atoms with Gasteiger partial charge in [-0.15, -0.1) is 0 Å². The molecule has 0 aliphatic rings. The van der Waals surface area contributed by atoms with E-state index in [0.717, 1.165) is 0 Å². The number of rotatable bonds is 4. The molecule has 66 valence electrons. The van der Waals surface area contributed by atoms with Crippen LogP contribution in [0, 0.1) is 0 Å². The summed E-state index contributed by atoms with van der Waals surface area (Å²) < 4.78 is 5.19. The minimum absolute atomic E-state index is 0.0363. The summed E-state index contributed by atoms with van der Waals surface area (Å²) in [6.45, 7) is 7.37. The molecule has 0 saturated carbocycles. The Morgan fingerprint density at radius 1 is 1.64 bits per heavy atom. The van der Waals surface area contributed by atoms with Crippen LogP contribution in [0.2, 0.25) is 0 Å². The van der Waals surface area contributed by atoms with Gasteiger partial charge in [-0.25, -0.2) is 0 Å². The predicted molar refractivity (Wildman–Crippen MR) is 44.4 cm³/mol. The first-order valence-corrected chi connectivity index (χ1v) is 3.74. The zero-order chi connectivity index (χ0) is 9.07. The van der Waals surface area contributed by atoms with Gasteiger partial charge in [0.05, 0.1) is 6.61 Å². The van der Waals surface area contributed by atoms with Crippen molar-refractivity contribution in [3.05, 3.63) is 0 Å². The van der Waals surface area contributed by atoms with Gasteiger partial charge >= 0.3 is 0 Å². The van der Waals surface area contributed by atoms with Gasteiger partial charge in [-0.2, -0.15) is 0 Å². The van der Waals surface area contributed by atoms with Crippen LogP contribution in [0.25, 0.3) is 0 Å². The molecule has 0 fully saturated rings. The molecule has 0 saturated heterocycles. The van der Waals surface area contributed by atoms with Crippen molar-refractivity contribution in [2.24, 2.45) is 5.73 Å². The number of ketones is 1. The summed E-state index contributed by atoms with van der Waals surface area (Å²) in [5, 5.41) is 0. The van der Waals surface area contributed by atoms with Crippen molar-refractivity contribution in [3.63, 3.8) is 0 Å². The molecule has 0 bridgehead atoms. The van der Waals surface area contributed by atoms with Crippen molar-refractivity contribution in [1.82, 2.24) is 0 Å². The molecule has 0 aromatic carbocycles. The van der Waals surface area contributed by atoms with E-state index in [9.17, 15) is 4.79 Å². The quantitative estimate of drug-likeness (QED) is 0.657. The molecule has 0 amide bonds. The normalized spacial score (nSPS) is 14.6. The Hall–Kier alpha value is -0.410. The lowest BCUT2D eigenvalue weighted by molar-refractivity contribution is -0.128. The van der Waals surface area contributed by atoms with Gasteiger partial charge in [-0.05, 0) is 27.7 Å². The maximum absolute atomic E-state index is 10.7. The number of hydrogen-bond donors (Lipinski definition) is 1. The average Bonchev–Trinajstić information content (AvgIpc) is 1.80. The van der Waals surface area contributed by atoms with Gasteiger partial charge in [-0.3, -0.25) is 4.79 Å². The standard InChI is InChI=1S/C8H17NO2/c1-6(10)7(2)11-5-8(3,4)9/h7H,5,9H2,1-4H3. The topological polar surface area (TPSA) is 52.3 Å². The van der Waals surface area contributed by atoms with Crippen LogP contribution < -0.4 is 5.73 Å². The van der Waals surface area contributed by atoms with Crippen molar-refractivity contribution >= 4 is 5.78 Å². The van der Waals surface area contributed by atoms with E-state index in [-0.39, 0.29) is 17.4 Å². The van der Waals surface area contributed by atoms with Crippen molar-refractivity contribution in [3.8, 4) is 0 Å². The van der Waals surface area contributed by atoms with Crippen LogP contribution in [0.15, 0.2) is 0 Å². The van der Waals surface area contributed by atoms with E-state index < -0.39 is 0 Å². The van der Waals surface area contributed by atoms with Gasteiger partial charge < -0.3 is 10.5 Å². The highest BCUT2D eigenvalue weighted by molar-refractivity contribution is 5.79. The summed E-state index contributed by atoms with van der Waals surface area (Å²) in [5.41, 5.74) is 5.29. The third-order valence-corrected chi connectivity index (χ3v) is 1.28. The first-order chi connectivity index (χ1) is 4.83. The van der Waals surface area contributed by atoms with E-state index in [2.05, 4.69) is 0 Å². The lowest BCUT2D eigenvalue weighted by atomic mass is 10.1. The summed E-state index contributed by atoms with van der Waals surface area (Å²) in [5.74, 6) is 0.0363. The van der Waals surface area contributed by atoms with Crippen LogP contribution in [0.1, 0.15) is 27.7 Å². The number of hydrogen-bond acceptors (Lipinski definition) is 3. The predicted octanol–water partition coefficient (Wildman–Crippen LogP) is 0.718. The molecule has 0 heterocycles. The summed E-state index contributed by atoms with van der Waals surface area (Å²) in [6.07, 6.45) is -0.335. The highest BCUT2D eigenvalue weighted by Gasteiger charge is 2.14. The highest BCUT2D eigenvalue weighted by Crippen LogP contribution is 2.00. The molecule has 0 aliphatic carbocycles. The fraction of sp³-hybridized carbons (Fsp3) is 0.875. The van der Waals surface area contributed by atoms with Gasteiger partial charge in [0.1, 0.15) is 6.10 Å². The summed E-state index contributed by atoms with van der Waals surface area (Å²) >= 11 is 0. The molecule has 0 aromatic heterocycles. The second kappa shape index (κ2) is 3.83. The molecule has 1 unspecified atom stereocenters. The van der Waals surface area contributed by atoms with Crippen LogP contribution >= 0.6 is 0 Å². The van der Waals surface area contributed by atoms with Crippen LogP contribution in [0.5, 0.6) is 0 Å². The van der Waals surface area contributed by atoms with Gasteiger partial charge in [0.15, 0.2) is 5.78 Å². The molecule has 0 radical (unpaired) electrons. The number of ether oxygens (including phenoxy) is 1. The van der Waals surface area contributed by atoms with Gasteiger partial charge in [-0.1, -0.05) is 0 Å². The Balaban J connectivity index is 3.63. The number of carbonyl (C=O) groups is 1. The first-order valence-electron chi connectivity index (χ1n) is 3.74. The molecule has 0 aromatic rings. The van der Waals surface area contributed by atoms with E-state index in [1.165, 1.54) is 6.92 Å². The smallest absolute Gasteiger partial charge is 0.158 e. The second-order valence-electron chi connectivity index (χ2n) is 3.55. The summed E-state index contributed by atoms with van der Waals surface area (Å²) in [4.78, 5) is 10.7. The van der Waals surface area contributed by atoms with E-state index in [1.807, 2.05) is 13.8 Å². The summed E-state index contributed by atoms with van der Waals surface area (Å²) in [7, 11) is 0. The number of Topliss-reactive ketones (excluding diaryl/α,β-unsaturated/α-hetero) is 1. The fourth-order valence-electron chi connectivity index (χ4n) is 0.457. The van der Waals surface area contributed by atoms with Gasteiger partial charge in [0.25, 0.3) is 0 Å². The monoisotopic (exact) mass is 159 g/mol. The molecule has 3 heteroatoms. The Morgan fingerprint density at radius 3 is 2.36 bits per heavy atom. The van der Waals surface area contributed by atoms with Crippen LogP contribution in [-0.2, 0) is 9.53 Å². The van der Waals surface area contributed by atoms with E-state index in [1.54, 1.807) is 6.92 Å².